The Kier molecular flexibility index (Phi) is 5.44. The molecule has 1 aliphatic rings. The molecule has 0 unspecified atom stereocenters. The molecule has 1 N–H and O–H groups in total. The Morgan fingerprint density at radius 2 is 1.72 bits per heavy atom. The minimum atomic E-state index is -0.478. The number of pyridine rings is 1. The maximum Gasteiger partial charge on any atom is 0.407 e. The van der Waals surface area contributed by atoms with Gasteiger partial charge in [0.15, 0.2) is 0 Å². The summed E-state index contributed by atoms with van der Waals surface area (Å²) >= 11 is 0. The smallest absolute Gasteiger partial charge is 0.407 e. The molecule has 1 amide bonds. The van der Waals surface area contributed by atoms with Gasteiger partial charge in [0.2, 0.25) is 5.88 Å². The zero-order valence-corrected chi connectivity index (χ0v) is 16.0. The number of methoxy groups -OCH3 is 1. The molecule has 2 aromatic carbocycles. The average Bonchev–Trinajstić information content (AvgIpc) is 3.09. The molecular weight excluding hydrogens is 364 g/mol. The van der Waals surface area contributed by atoms with Gasteiger partial charge in [-0.1, -0.05) is 60.4 Å². The number of amides is 1. The largest absolute Gasteiger partial charge is 0.481 e. The van der Waals surface area contributed by atoms with Crippen molar-refractivity contribution in [1.29, 1.82) is 0 Å². The number of ether oxygens (including phenoxy) is 2. The third-order valence-electron chi connectivity index (χ3n) is 4.84. The lowest BCUT2D eigenvalue weighted by Gasteiger charge is -2.14. The monoisotopic (exact) mass is 384 g/mol. The quantitative estimate of drug-likeness (QED) is 0.691. The van der Waals surface area contributed by atoms with Gasteiger partial charge in [0.1, 0.15) is 6.61 Å². The Labute approximate surface area is 169 Å². The first kappa shape index (κ1) is 18.6. The van der Waals surface area contributed by atoms with Crippen LogP contribution in [0.15, 0.2) is 66.9 Å². The van der Waals surface area contributed by atoms with Crippen molar-refractivity contribution in [2.45, 2.75) is 5.92 Å². The van der Waals surface area contributed by atoms with E-state index in [9.17, 15) is 4.79 Å². The summed E-state index contributed by atoms with van der Waals surface area (Å²) in [6.07, 6.45) is 1.15. The van der Waals surface area contributed by atoms with Crippen molar-refractivity contribution in [1.82, 2.24) is 10.3 Å². The number of aromatic nitrogens is 1. The molecule has 1 aliphatic carbocycles. The minimum Gasteiger partial charge on any atom is -0.481 e. The van der Waals surface area contributed by atoms with Gasteiger partial charge in [-0.15, -0.1) is 0 Å². The van der Waals surface area contributed by atoms with Gasteiger partial charge < -0.3 is 14.8 Å². The van der Waals surface area contributed by atoms with Gasteiger partial charge in [-0.25, -0.2) is 9.78 Å². The minimum absolute atomic E-state index is 0.0459. The van der Waals surface area contributed by atoms with Crippen LogP contribution in [0.2, 0.25) is 0 Å². The first-order valence-corrected chi connectivity index (χ1v) is 9.34. The normalized spacial score (nSPS) is 11.6. The molecule has 1 heterocycles. The molecule has 0 spiro atoms. The Hall–Kier alpha value is -3.78. The second-order valence-electron chi connectivity index (χ2n) is 6.57. The summed E-state index contributed by atoms with van der Waals surface area (Å²) < 4.78 is 10.5. The lowest BCUT2D eigenvalue weighted by molar-refractivity contribution is 0.144. The van der Waals surface area contributed by atoms with Crippen LogP contribution in [0.5, 0.6) is 5.88 Å². The molecule has 0 aliphatic heterocycles. The number of nitrogens with zero attached hydrogens (tertiary/aromatic N) is 1. The molecule has 3 aromatic rings. The Balaban J connectivity index is 1.33. The molecule has 5 nitrogen and oxygen atoms in total. The number of benzene rings is 2. The Morgan fingerprint density at radius 1 is 1.03 bits per heavy atom. The first-order valence-electron chi connectivity index (χ1n) is 9.34. The van der Waals surface area contributed by atoms with Crippen LogP contribution >= 0.6 is 0 Å². The highest BCUT2D eigenvalue weighted by Crippen LogP contribution is 2.44. The predicted octanol–water partition coefficient (Wildman–Crippen LogP) is 3.98. The van der Waals surface area contributed by atoms with Crippen LogP contribution in [0.25, 0.3) is 11.1 Å². The predicted molar refractivity (Wildman–Crippen MR) is 111 cm³/mol. The molecule has 0 bridgehead atoms. The number of fused-ring (bicyclic) bond motifs is 3. The molecule has 0 atom stereocenters. The first-order chi connectivity index (χ1) is 14.3. The molecule has 0 radical (unpaired) electrons. The highest BCUT2D eigenvalue weighted by molar-refractivity contribution is 5.79. The molecule has 1 aromatic heterocycles. The number of hydrogen-bond donors (Lipinski definition) is 1. The fourth-order valence-electron chi connectivity index (χ4n) is 3.49. The van der Waals surface area contributed by atoms with Crippen molar-refractivity contribution < 1.29 is 14.3 Å². The number of carbonyl (C=O) groups excluding carboxylic acids is 1. The standard InChI is InChI=1S/C24H20N2O3/c1-28-23-13-12-17(15-26-23)7-6-14-25-24(27)29-16-22-20-10-4-2-8-18(20)19-9-3-5-11-21(19)22/h2-5,8-13,15,22H,14,16H2,1H3,(H,25,27). The van der Waals surface area contributed by atoms with Crippen LogP contribution < -0.4 is 10.1 Å². The molecule has 0 fully saturated rings. The average molecular weight is 384 g/mol. The summed E-state index contributed by atoms with van der Waals surface area (Å²) in [5.41, 5.74) is 5.54. The highest BCUT2D eigenvalue weighted by atomic mass is 16.5. The van der Waals surface area contributed by atoms with Crippen molar-refractivity contribution in [3.8, 4) is 28.8 Å². The molecule has 5 heteroatoms. The Bertz CT molecular complexity index is 1040. The van der Waals surface area contributed by atoms with E-state index in [0.717, 1.165) is 5.56 Å². The lowest BCUT2D eigenvalue weighted by atomic mass is 9.98. The van der Waals surface area contributed by atoms with Gasteiger partial charge in [-0.2, -0.15) is 0 Å². The number of rotatable bonds is 4. The van der Waals surface area contributed by atoms with Crippen molar-refractivity contribution in [2.75, 3.05) is 20.3 Å². The van der Waals surface area contributed by atoms with E-state index in [4.69, 9.17) is 9.47 Å². The third kappa shape index (κ3) is 4.07. The summed E-state index contributed by atoms with van der Waals surface area (Å²) in [5, 5.41) is 2.67. The van der Waals surface area contributed by atoms with E-state index >= 15 is 0 Å². The molecule has 0 saturated carbocycles. The van der Waals surface area contributed by atoms with Gasteiger partial charge in [0.25, 0.3) is 0 Å². The number of hydrogen-bond acceptors (Lipinski definition) is 4. The third-order valence-corrected chi connectivity index (χ3v) is 4.84. The fourth-order valence-corrected chi connectivity index (χ4v) is 3.49. The van der Waals surface area contributed by atoms with E-state index in [1.807, 2.05) is 30.3 Å². The Morgan fingerprint density at radius 3 is 2.34 bits per heavy atom. The topological polar surface area (TPSA) is 60.5 Å². The van der Waals surface area contributed by atoms with Crippen molar-refractivity contribution in [3.63, 3.8) is 0 Å². The van der Waals surface area contributed by atoms with Gasteiger partial charge in [0, 0.05) is 23.7 Å². The van der Waals surface area contributed by atoms with Crippen molar-refractivity contribution in [2.24, 2.45) is 0 Å². The number of alkyl carbamates (subject to hydrolysis) is 1. The van der Waals surface area contributed by atoms with Crippen LogP contribution in [0, 0.1) is 11.8 Å². The molecular formula is C24H20N2O3. The van der Waals surface area contributed by atoms with Gasteiger partial charge in [0.05, 0.1) is 13.7 Å². The lowest BCUT2D eigenvalue weighted by Crippen LogP contribution is -2.26. The SMILES string of the molecule is COc1ccc(C#CCNC(=O)OCC2c3ccccc3-c3ccccc32)cn1. The highest BCUT2D eigenvalue weighted by Gasteiger charge is 2.28. The van der Waals surface area contributed by atoms with E-state index in [2.05, 4.69) is 46.4 Å². The van der Waals surface area contributed by atoms with E-state index in [1.165, 1.54) is 22.3 Å². The number of carbonyl (C=O) groups is 1. The van der Waals surface area contributed by atoms with Crippen LogP contribution in [-0.2, 0) is 4.74 Å². The number of nitrogens with one attached hydrogen (secondary N) is 1. The van der Waals surface area contributed by atoms with Crippen molar-refractivity contribution in [3.05, 3.63) is 83.6 Å². The van der Waals surface area contributed by atoms with Gasteiger partial charge in [-0.05, 0) is 28.3 Å². The van der Waals surface area contributed by atoms with Crippen LogP contribution in [0.3, 0.4) is 0 Å². The zero-order valence-electron chi connectivity index (χ0n) is 16.0. The summed E-state index contributed by atoms with van der Waals surface area (Å²) in [6.45, 7) is 0.485. The molecule has 144 valence electrons. The summed E-state index contributed by atoms with van der Waals surface area (Å²) in [5.74, 6) is 6.40. The van der Waals surface area contributed by atoms with E-state index in [0.29, 0.717) is 5.88 Å². The summed E-state index contributed by atoms with van der Waals surface area (Å²) in [6, 6.07) is 20.0. The fraction of sp³-hybridized carbons (Fsp3) is 0.167. The van der Waals surface area contributed by atoms with Crippen LogP contribution in [-0.4, -0.2) is 31.3 Å². The van der Waals surface area contributed by atoms with E-state index in [-0.39, 0.29) is 19.1 Å². The van der Waals surface area contributed by atoms with Gasteiger partial charge >= 0.3 is 6.09 Å². The van der Waals surface area contributed by atoms with Gasteiger partial charge in [-0.3, -0.25) is 0 Å². The maximum atomic E-state index is 12.1. The van der Waals surface area contributed by atoms with Crippen LogP contribution in [0.1, 0.15) is 22.6 Å². The zero-order chi connectivity index (χ0) is 20.1. The summed E-state index contributed by atoms with van der Waals surface area (Å²) in [7, 11) is 1.56. The maximum absolute atomic E-state index is 12.1. The molecule has 0 saturated heterocycles. The second-order valence-corrected chi connectivity index (χ2v) is 6.57. The van der Waals surface area contributed by atoms with Crippen molar-refractivity contribution >= 4 is 6.09 Å². The van der Waals surface area contributed by atoms with E-state index < -0.39 is 6.09 Å². The second kappa shape index (κ2) is 8.49. The molecule has 29 heavy (non-hydrogen) atoms. The summed E-state index contributed by atoms with van der Waals surface area (Å²) in [4.78, 5) is 16.2. The van der Waals surface area contributed by atoms with Crippen LogP contribution in [0.4, 0.5) is 4.79 Å². The molecule has 4 rings (SSSR count). The van der Waals surface area contributed by atoms with E-state index in [1.54, 1.807) is 19.4 Å².